The van der Waals surface area contributed by atoms with Crippen LogP contribution in [0.25, 0.3) is 0 Å². The predicted molar refractivity (Wildman–Crippen MR) is 45.6 cm³/mol. The second-order valence-electron chi connectivity index (χ2n) is 2.71. The molecule has 1 aromatic rings. The Morgan fingerprint density at radius 2 is 2.23 bits per heavy atom. The van der Waals surface area contributed by atoms with E-state index in [4.69, 9.17) is 10.3 Å². The van der Waals surface area contributed by atoms with E-state index in [2.05, 4.69) is 10.1 Å². The van der Waals surface area contributed by atoms with Crippen molar-refractivity contribution in [2.75, 3.05) is 12.8 Å². The van der Waals surface area contributed by atoms with Gasteiger partial charge in [0.2, 0.25) is 5.89 Å². The summed E-state index contributed by atoms with van der Waals surface area (Å²) in [7, 11) is -3.10. The van der Waals surface area contributed by atoms with Gasteiger partial charge in [0.1, 0.15) is 5.75 Å². The monoisotopic (exact) mass is 205 g/mol. The number of hydrogen-bond acceptors (Lipinski definition) is 6. The number of nitrogens with zero attached hydrogens (tertiary/aromatic N) is 2. The summed E-state index contributed by atoms with van der Waals surface area (Å²) >= 11 is 0. The number of sulfone groups is 1. The fourth-order valence-electron chi connectivity index (χ4n) is 0.808. The van der Waals surface area contributed by atoms with Crippen molar-refractivity contribution in [3.8, 4) is 0 Å². The van der Waals surface area contributed by atoms with E-state index >= 15 is 0 Å². The van der Waals surface area contributed by atoms with Gasteiger partial charge in [-0.3, -0.25) is 0 Å². The van der Waals surface area contributed by atoms with Gasteiger partial charge in [0.15, 0.2) is 15.7 Å². The summed E-state index contributed by atoms with van der Waals surface area (Å²) in [6.45, 7) is 0.403. The predicted octanol–water partition coefficient (Wildman–Crippen LogP) is -0.885. The zero-order valence-corrected chi connectivity index (χ0v) is 8.04. The van der Waals surface area contributed by atoms with Crippen molar-refractivity contribution < 1.29 is 12.9 Å². The van der Waals surface area contributed by atoms with E-state index in [1.165, 1.54) is 0 Å². The van der Waals surface area contributed by atoms with Gasteiger partial charge in [-0.2, -0.15) is 4.98 Å². The summed E-state index contributed by atoms with van der Waals surface area (Å²) in [5.41, 5.74) is 5.25. The van der Waals surface area contributed by atoms with Gasteiger partial charge in [0.05, 0.1) is 0 Å². The van der Waals surface area contributed by atoms with Crippen LogP contribution >= 0.6 is 0 Å². The van der Waals surface area contributed by atoms with Crippen molar-refractivity contribution in [2.24, 2.45) is 5.73 Å². The molecule has 0 aromatic carbocycles. The van der Waals surface area contributed by atoms with E-state index in [1.54, 1.807) is 0 Å². The van der Waals surface area contributed by atoms with E-state index in [9.17, 15) is 8.42 Å². The van der Waals surface area contributed by atoms with Crippen LogP contribution in [0.2, 0.25) is 0 Å². The van der Waals surface area contributed by atoms with Crippen LogP contribution in [-0.2, 0) is 22.0 Å². The number of hydrogen-bond donors (Lipinski definition) is 1. The fraction of sp³-hybridized carbons (Fsp3) is 0.667. The van der Waals surface area contributed by atoms with Gasteiger partial charge in [-0.05, 0) is 0 Å². The van der Waals surface area contributed by atoms with Crippen LogP contribution in [0, 0.1) is 0 Å². The summed E-state index contributed by atoms with van der Waals surface area (Å²) in [4.78, 5) is 3.85. The molecule has 0 aliphatic heterocycles. The molecule has 7 heteroatoms. The molecule has 0 amide bonds. The first-order valence-corrected chi connectivity index (χ1v) is 5.76. The molecule has 0 radical (unpaired) electrons. The molecule has 0 spiro atoms. The third kappa shape index (κ3) is 3.51. The lowest BCUT2D eigenvalue weighted by molar-refractivity contribution is 0.375. The molecule has 0 bridgehead atoms. The Bertz CT molecular complexity index is 370. The first-order chi connectivity index (χ1) is 6.01. The van der Waals surface area contributed by atoms with Gasteiger partial charge < -0.3 is 10.3 Å². The molecule has 1 rings (SSSR count). The molecule has 0 saturated carbocycles. The molecule has 0 saturated heterocycles. The Kier molecular flexibility index (Phi) is 2.99. The summed E-state index contributed by atoms with van der Waals surface area (Å²) < 4.78 is 26.4. The minimum Gasteiger partial charge on any atom is -0.339 e. The largest absolute Gasteiger partial charge is 0.339 e. The van der Waals surface area contributed by atoms with Crippen molar-refractivity contribution in [3.63, 3.8) is 0 Å². The SMILES string of the molecule is CS(=O)(=O)Cc1noc(CCN)n1. The van der Waals surface area contributed by atoms with Crippen LogP contribution in [0.5, 0.6) is 0 Å². The van der Waals surface area contributed by atoms with E-state index in [0.29, 0.717) is 18.9 Å². The highest BCUT2D eigenvalue weighted by Gasteiger charge is 2.11. The first-order valence-electron chi connectivity index (χ1n) is 3.70. The first kappa shape index (κ1) is 10.1. The Labute approximate surface area is 76.0 Å². The van der Waals surface area contributed by atoms with Gasteiger partial charge in [-0.1, -0.05) is 5.16 Å². The zero-order chi connectivity index (χ0) is 9.90. The minimum absolute atomic E-state index is 0.186. The summed E-state index contributed by atoms with van der Waals surface area (Å²) in [5.74, 6) is 0.369. The Morgan fingerprint density at radius 3 is 2.77 bits per heavy atom. The molecule has 1 aromatic heterocycles. The van der Waals surface area contributed by atoms with Crippen LogP contribution in [0.1, 0.15) is 11.7 Å². The third-order valence-corrected chi connectivity index (χ3v) is 2.04. The number of nitrogens with two attached hydrogens (primary N) is 1. The van der Waals surface area contributed by atoms with E-state index in [-0.39, 0.29) is 11.6 Å². The smallest absolute Gasteiger partial charge is 0.227 e. The molecule has 0 fully saturated rings. The highest BCUT2D eigenvalue weighted by atomic mass is 32.2. The third-order valence-electron chi connectivity index (χ3n) is 1.26. The maximum Gasteiger partial charge on any atom is 0.227 e. The minimum atomic E-state index is -3.10. The van der Waals surface area contributed by atoms with E-state index in [0.717, 1.165) is 6.26 Å². The van der Waals surface area contributed by atoms with Crippen LogP contribution in [0.4, 0.5) is 0 Å². The highest BCUT2D eigenvalue weighted by molar-refractivity contribution is 7.89. The van der Waals surface area contributed by atoms with Gasteiger partial charge in [0.25, 0.3) is 0 Å². The molecule has 13 heavy (non-hydrogen) atoms. The van der Waals surface area contributed by atoms with Crippen LogP contribution in [0.3, 0.4) is 0 Å². The maximum atomic E-state index is 10.8. The average Bonchev–Trinajstić information content (AvgIpc) is 2.33. The Hall–Kier alpha value is -0.950. The summed E-state index contributed by atoms with van der Waals surface area (Å²) in [6, 6.07) is 0. The molecule has 1 heterocycles. The lowest BCUT2D eigenvalue weighted by Crippen LogP contribution is -2.04. The van der Waals surface area contributed by atoms with Gasteiger partial charge in [-0.15, -0.1) is 0 Å². The molecular formula is C6H11N3O3S. The Morgan fingerprint density at radius 1 is 1.54 bits per heavy atom. The second-order valence-corrected chi connectivity index (χ2v) is 4.85. The number of aromatic nitrogens is 2. The van der Waals surface area contributed by atoms with Crippen LogP contribution in [-0.4, -0.2) is 31.4 Å². The number of rotatable bonds is 4. The average molecular weight is 205 g/mol. The second kappa shape index (κ2) is 3.84. The highest BCUT2D eigenvalue weighted by Crippen LogP contribution is 2.01. The molecular weight excluding hydrogens is 194 g/mol. The topological polar surface area (TPSA) is 99.1 Å². The Balaban J connectivity index is 2.69. The van der Waals surface area contributed by atoms with Gasteiger partial charge >= 0.3 is 0 Å². The van der Waals surface area contributed by atoms with E-state index in [1.807, 2.05) is 0 Å². The molecule has 74 valence electrons. The van der Waals surface area contributed by atoms with Crippen molar-refractivity contribution in [2.45, 2.75) is 12.2 Å². The normalized spacial score (nSPS) is 11.8. The quantitative estimate of drug-likeness (QED) is 0.685. The van der Waals surface area contributed by atoms with Crippen molar-refractivity contribution in [1.82, 2.24) is 10.1 Å². The lowest BCUT2D eigenvalue weighted by atomic mass is 10.4. The molecule has 0 aliphatic rings. The molecule has 0 unspecified atom stereocenters. The van der Waals surface area contributed by atoms with E-state index < -0.39 is 9.84 Å². The molecule has 2 N–H and O–H groups in total. The summed E-state index contributed by atoms with van der Waals surface area (Å²) in [6.07, 6.45) is 1.59. The van der Waals surface area contributed by atoms with Crippen LogP contribution < -0.4 is 5.73 Å². The van der Waals surface area contributed by atoms with Crippen molar-refractivity contribution in [3.05, 3.63) is 11.7 Å². The van der Waals surface area contributed by atoms with Crippen LogP contribution in [0.15, 0.2) is 4.52 Å². The molecule has 0 aliphatic carbocycles. The van der Waals surface area contributed by atoms with Crippen molar-refractivity contribution >= 4 is 9.84 Å². The maximum absolute atomic E-state index is 10.8. The molecule has 0 atom stereocenters. The standard InChI is InChI=1S/C6H11N3O3S/c1-13(10,11)4-5-8-6(2-3-7)12-9-5/h2-4,7H2,1H3. The lowest BCUT2D eigenvalue weighted by Gasteiger charge is -1.88. The van der Waals surface area contributed by atoms with Gasteiger partial charge in [-0.25, -0.2) is 8.42 Å². The molecule has 6 nitrogen and oxygen atoms in total. The van der Waals surface area contributed by atoms with Gasteiger partial charge in [0, 0.05) is 19.2 Å². The zero-order valence-electron chi connectivity index (χ0n) is 7.23. The van der Waals surface area contributed by atoms with Crippen molar-refractivity contribution in [1.29, 1.82) is 0 Å². The summed E-state index contributed by atoms with van der Waals surface area (Å²) in [5, 5.41) is 3.50. The fourth-order valence-corrected chi connectivity index (χ4v) is 1.39.